The molecule has 178 valence electrons. The highest BCUT2D eigenvalue weighted by Crippen LogP contribution is 2.19. The van der Waals surface area contributed by atoms with E-state index < -0.39 is 11.5 Å². The Morgan fingerprint density at radius 2 is 1.82 bits per heavy atom. The van der Waals surface area contributed by atoms with Crippen LogP contribution in [0.2, 0.25) is 0 Å². The quantitative estimate of drug-likeness (QED) is 0.693. The number of hydrogen-bond acceptors (Lipinski definition) is 8. The fraction of sp³-hybridized carbons (Fsp3) is 0.500. The van der Waals surface area contributed by atoms with E-state index in [9.17, 15) is 14.4 Å². The lowest BCUT2D eigenvalue weighted by atomic mass is 10.2. The predicted octanol–water partition coefficient (Wildman–Crippen LogP) is 1.59. The van der Waals surface area contributed by atoms with Crippen molar-refractivity contribution in [3.63, 3.8) is 0 Å². The maximum absolute atomic E-state index is 12.5. The summed E-state index contributed by atoms with van der Waals surface area (Å²) in [4.78, 5) is 44.7. The van der Waals surface area contributed by atoms with Crippen molar-refractivity contribution in [2.75, 3.05) is 50.1 Å². The van der Waals surface area contributed by atoms with Crippen LogP contribution >= 0.6 is 0 Å². The number of carbonyl (C=O) groups excluding carboxylic acids is 2. The number of nitrogens with one attached hydrogen (secondary N) is 1. The largest absolute Gasteiger partial charge is 0.444 e. The molecule has 0 atom stereocenters. The number of anilines is 2. The van der Waals surface area contributed by atoms with E-state index in [4.69, 9.17) is 9.47 Å². The number of aromatic nitrogens is 3. The van der Waals surface area contributed by atoms with Crippen LogP contribution in [0.4, 0.5) is 16.3 Å². The molecule has 0 unspecified atom stereocenters. The Morgan fingerprint density at radius 3 is 2.42 bits per heavy atom. The molecule has 0 aromatic carbocycles. The molecule has 1 fully saturated rings. The normalized spacial score (nSPS) is 14.2. The average molecular weight is 459 g/mol. The fourth-order valence-electron chi connectivity index (χ4n) is 3.21. The van der Waals surface area contributed by atoms with Gasteiger partial charge in [0.1, 0.15) is 17.1 Å². The lowest BCUT2D eigenvalue weighted by Gasteiger charge is -2.36. The van der Waals surface area contributed by atoms with Crippen molar-refractivity contribution in [1.29, 1.82) is 0 Å². The number of hydrogen-bond donors (Lipinski definition) is 1. The number of amides is 2. The maximum atomic E-state index is 12.5. The van der Waals surface area contributed by atoms with E-state index >= 15 is 0 Å². The standard InChI is InChI=1S/C22H30N6O5/c1-22(2,3)33-21(31)27-11-9-26(10-12-27)16-5-7-18(23-15-16)24-20(30)17-6-8-19(29)28(25-17)13-14-32-4/h5-8,15H,9-14H2,1-4H3,(H,23,24,30). The van der Waals surface area contributed by atoms with Gasteiger partial charge < -0.3 is 24.6 Å². The second kappa shape index (κ2) is 10.4. The van der Waals surface area contributed by atoms with Crippen LogP contribution in [-0.2, 0) is 16.0 Å². The van der Waals surface area contributed by atoms with Gasteiger partial charge in [0.25, 0.3) is 11.5 Å². The smallest absolute Gasteiger partial charge is 0.410 e. The topological polar surface area (TPSA) is 119 Å². The summed E-state index contributed by atoms with van der Waals surface area (Å²) in [5, 5.41) is 6.76. The van der Waals surface area contributed by atoms with Gasteiger partial charge >= 0.3 is 6.09 Å². The Bertz CT molecular complexity index is 1020. The summed E-state index contributed by atoms with van der Waals surface area (Å²) in [6, 6.07) is 6.23. The van der Waals surface area contributed by atoms with Gasteiger partial charge in [0.15, 0.2) is 0 Å². The first-order chi connectivity index (χ1) is 15.7. The second-order valence-corrected chi connectivity index (χ2v) is 8.58. The minimum absolute atomic E-state index is 0.106. The lowest BCUT2D eigenvalue weighted by Crippen LogP contribution is -2.50. The Labute approximate surface area is 192 Å². The van der Waals surface area contributed by atoms with Gasteiger partial charge in [0, 0.05) is 39.4 Å². The average Bonchev–Trinajstić information content (AvgIpc) is 2.78. The van der Waals surface area contributed by atoms with Crippen LogP contribution in [0.1, 0.15) is 31.3 Å². The molecule has 1 saturated heterocycles. The van der Waals surface area contributed by atoms with Crippen LogP contribution in [0.25, 0.3) is 0 Å². The molecular formula is C22H30N6O5. The summed E-state index contributed by atoms with van der Waals surface area (Å²) >= 11 is 0. The molecule has 2 aromatic heterocycles. The number of pyridine rings is 1. The molecule has 0 aliphatic carbocycles. The summed E-state index contributed by atoms with van der Waals surface area (Å²) in [5.74, 6) is -0.0972. The van der Waals surface area contributed by atoms with E-state index in [1.807, 2.05) is 26.8 Å². The first-order valence-electron chi connectivity index (χ1n) is 10.7. The third-order valence-corrected chi connectivity index (χ3v) is 4.89. The summed E-state index contributed by atoms with van der Waals surface area (Å²) in [5.41, 5.74) is 0.172. The molecule has 3 rings (SSSR count). The highest BCUT2D eigenvalue weighted by Gasteiger charge is 2.26. The number of rotatable bonds is 6. The van der Waals surface area contributed by atoms with E-state index in [2.05, 4.69) is 20.3 Å². The van der Waals surface area contributed by atoms with Gasteiger partial charge in [-0.05, 0) is 39.0 Å². The van der Waals surface area contributed by atoms with Crippen LogP contribution in [0, 0.1) is 0 Å². The number of nitrogens with zero attached hydrogens (tertiary/aromatic N) is 5. The van der Waals surface area contributed by atoms with Crippen molar-refractivity contribution >= 4 is 23.5 Å². The number of carbonyl (C=O) groups is 2. The van der Waals surface area contributed by atoms with Crippen LogP contribution in [0.5, 0.6) is 0 Å². The Balaban J connectivity index is 1.56. The van der Waals surface area contributed by atoms with Crippen molar-refractivity contribution in [1.82, 2.24) is 19.7 Å². The molecule has 0 bridgehead atoms. The Hall–Kier alpha value is -3.47. The Morgan fingerprint density at radius 1 is 1.09 bits per heavy atom. The number of piperazine rings is 1. The lowest BCUT2D eigenvalue weighted by molar-refractivity contribution is 0.0240. The minimum atomic E-state index is -0.519. The molecule has 33 heavy (non-hydrogen) atoms. The highest BCUT2D eigenvalue weighted by molar-refractivity contribution is 6.02. The van der Waals surface area contributed by atoms with Crippen LogP contribution in [0.15, 0.2) is 35.3 Å². The van der Waals surface area contributed by atoms with Crippen LogP contribution in [-0.4, -0.2) is 77.2 Å². The van der Waals surface area contributed by atoms with E-state index in [0.717, 1.165) is 5.69 Å². The molecule has 0 saturated carbocycles. The first-order valence-corrected chi connectivity index (χ1v) is 10.7. The molecule has 0 radical (unpaired) electrons. The second-order valence-electron chi connectivity index (χ2n) is 8.58. The van der Waals surface area contributed by atoms with Gasteiger partial charge in [0.05, 0.1) is 25.0 Å². The zero-order valence-corrected chi connectivity index (χ0v) is 19.4. The van der Waals surface area contributed by atoms with Crippen LogP contribution in [0.3, 0.4) is 0 Å². The van der Waals surface area contributed by atoms with E-state index in [1.54, 1.807) is 17.2 Å². The van der Waals surface area contributed by atoms with Crippen molar-refractivity contribution in [2.45, 2.75) is 32.9 Å². The summed E-state index contributed by atoms with van der Waals surface area (Å²) in [6.07, 6.45) is 1.37. The van der Waals surface area contributed by atoms with Gasteiger partial charge in [-0.15, -0.1) is 0 Å². The molecule has 0 spiro atoms. The summed E-state index contributed by atoms with van der Waals surface area (Å²) in [6.45, 7) is 8.52. The third-order valence-electron chi connectivity index (χ3n) is 4.89. The highest BCUT2D eigenvalue weighted by atomic mass is 16.6. The zero-order chi connectivity index (χ0) is 24.0. The molecule has 2 amide bonds. The zero-order valence-electron chi connectivity index (χ0n) is 19.4. The first kappa shape index (κ1) is 24.2. The molecule has 1 N–H and O–H groups in total. The SMILES string of the molecule is COCCn1nc(C(=O)Nc2ccc(N3CCN(C(=O)OC(C)(C)C)CC3)cn2)ccc1=O. The maximum Gasteiger partial charge on any atom is 0.410 e. The van der Waals surface area contributed by atoms with E-state index in [0.29, 0.717) is 38.6 Å². The molecule has 3 heterocycles. The van der Waals surface area contributed by atoms with E-state index in [1.165, 1.54) is 23.9 Å². The monoisotopic (exact) mass is 458 g/mol. The van der Waals surface area contributed by atoms with Crippen molar-refractivity contribution in [3.05, 3.63) is 46.5 Å². The molecule has 1 aliphatic rings. The van der Waals surface area contributed by atoms with Gasteiger partial charge in [0.2, 0.25) is 0 Å². The summed E-state index contributed by atoms with van der Waals surface area (Å²) in [7, 11) is 1.53. The van der Waals surface area contributed by atoms with Crippen molar-refractivity contribution in [2.24, 2.45) is 0 Å². The van der Waals surface area contributed by atoms with Crippen LogP contribution < -0.4 is 15.8 Å². The van der Waals surface area contributed by atoms with Gasteiger partial charge in [-0.2, -0.15) is 5.10 Å². The van der Waals surface area contributed by atoms with Gasteiger partial charge in [-0.25, -0.2) is 14.5 Å². The number of ether oxygens (including phenoxy) is 2. The fourth-order valence-corrected chi connectivity index (χ4v) is 3.21. The number of methoxy groups -OCH3 is 1. The van der Waals surface area contributed by atoms with Gasteiger partial charge in [-0.3, -0.25) is 9.59 Å². The Kier molecular flexibility index (Phi) is 7.64. The summed E-state index contributed by atoms with van der Waals surface area (Å²) < 4.78 is 11.6. The third kappa shape index (κ3) is 6.75. The molecule has 2 aromatic rings. The molecular weight excluding hydrogens is 428 g/mol. The van der Waals surface area contributed by atoms with Crippen molar-refractivity contribution < 1.29 is 19.1 Å². The van der Waals surface area contributed by atoms with E-state index in [-0.39, 0.29) is 23.9 Å². The molecule has 11 nitrogen and oxygen atoms in total. The molecule has 1 aliphatic heterocycles. The minimum Gasteiger partial charge on any atom is -0.444 e. The predicted molar refractivity (Wildman–Crippen MR) is 123 cm³/mol. The van der Waals surface area contributed by atoms with Gasteiger partial charge in [-0.1, -0.05) is 0 Å². The molecule has 11 heteroatoms. The van der Waals surface area contributed by atoms with Crippen molar-refractivity contribution in [3.8, 4) is 0 Å².